The van der Waals surface area contributed by atoms with Gasteiger partial charge in [-0.25, -0.2) is 0 Å². The van der Waals surface area contributed by atoms with Crippen LogP contribution in [0, 0.1) is 0 Å². The highest BCUT2D eigenvalue weighted by atomic mass is 16.6. The van der Waals surface area contributed by atoms with Crippen molar-refractivity contribution in [1.29, 1.82) is 0 Å². The normalized spacial score (nSPS) is 12.7. The van der Waals surface area contributed by atoms with Gasteiger partial charge in [-0.3, -0.25) is 9.59 Å². The van der Waals surface area contributed by atoms with E-state index in [0.717, 1.165) is 70.6 Å². The molecule has 0 aromatic heterocycles. The fourth-order valence-electron chi connectivity index (χ4n) is 7.47. The molecule has 0 aliphatic heterocycles. The van der Waals surface area contributed by atoms with E-state index in [0.29, 0.717) is 12.8 Å². The number of ether oxygens (including phenoxy) is 2. The first-order chi connectivity index (χ1) is 29.6. The van der Waals surface area contributed by atoms with Crippen molar-refractivity contribution >= 4 is 11.9 Å². The van der Waals surface area contributed by atoms with Crippen molar-refractivity contribution in [3.8, 4) is 0 Å². The monoisotopic (exact) mass is 839 g/mol. The number of aliphatic hydroxyl groups is 1. The van der Waals surface area contributed by atoms with Crippen LogP contribution in [0.4, 0.5) is 0 Å². The third-order valence-corrected chi connectivity index (χ3v) is 11.3. The third-order valence-electron chi connectivity index (χ3n) is 11.3. The molecule has 348 valence electrons. The van der Waals surface area contributed by atoms with Crippen molar-refractivity contribution in [2.75, 3.05) is 13.2 Å². The molecule has 0 radical (unpaired) electrons. The Balaban J connectivity index is 3.50. The van der Waals surface area contributed by atoms with Gasteiger partial charge in [-0.05, 0) is 57.8 Å². The first-order valence-corrected chi connectivity index (χ1v) is 25.8. The molecule has 0 heterocycles. The molecule has 0 aromatic carbocycles. The van der Waals surface area contributed by atoms with Gasteiger partial charge in [-0.15, -0.1) is 0 Å². The minimum atomic E-state index is -0.773. The Hall–Kier alpha value is -2.40. The molecule has 60 heavy (non-hydrogen) atoms. The Morgan fingerprint density at radius 1 is 0.400 bits per heavy atom. The Labute approximate surface area is 372 Å². The van der Waals surface area contributed by atoms with Crippen LogP contribution in [0.3, 0.4) is 0 Å². The second kappa shape index (κ2) is 51.0. The standard InChI is InChI=1S/C55H98O5/c1-3-5-7-9-11-13-15-17-19-21-23-24-25-26-27-28-29-30-32-34-36-38-40-42-44-46-48-50-55(58)60-53(51-56)52-59-54(57)49-47-45-43-41-39-37-35-33-31-22-20-18-16-14-12-10-8-6-4-2/h5,7,11,13,17,19,23-24,26-27,53,56H,3-4,6,8-10,12,14-16,18,20-22,25,28-52H2,1-2H3/b7-5-,13-11-,19-17-,24-23-,27-26-. The van der Waals surface area contributed by atoms with Crippen LogP contribution in [0.5, 0.6) is 0 Å². The average molecular weight is 839 g/mol. The third kappa shape index (κ3) is 48.3. The highest BCUT2D eigenvalue weighted by Crippen LogP contribution is 2.16. The smallest absolute Gasteiger partial charge is 0.306 e. The molecule has 0 saturated heterocycles. The summed E-state index contributed by atoms with van der Waals surface area (Å²) >= 11 is 0. The zero-order valence-corrected chi connectivity index (χ0v) is 39.7. The van der Waals surface area contributed by atoms with E-state index in [1.807, 2.05) is 0 Å². The minimum Gasteiger partial charge on any atom is -0.462 e. The number of hydrogen-bond donors (Lipinski definition) is 1. The molecule has 0 aliphatic carbocycles. The fraction of sp³-hybridized carbons (Fsp3) is 0.782. The lowest BCUT2D eigenvalue weighted by molar-refractivity contribution is -0.161. The number of allylic oxidation sites excluding steroid dienone is 10. The van der Waals surface area contributed by atoms with Crippen LogP contribution < -0.4 is 0 Å². The van der Waals surface area contributed by atoms with Gasteiger partial charge in [-0.2, -0.15) is 0 Å². The van der Waals surface area contributed by atoms with Gasteiger partial charge < -0.3 is 14.6 Å². The van der Waals surface area contributed by atoms with E-state index < -0.39 is 6.10 Å². The molecule has 5 heteroatoms. The Bertz CT molecular complexity index is 1040. The highest BCUT2D eigenvalue weighted by Gasteiger charge is 2.16. The molecular formula is C55H98O5. The summed E-state index contributed by atoms with van der Waals surface area (Å²) in [6.07, 6.45) is 67.4. The Morgan fingerprint density at radius 2 is 0.717 bits per heavy atom. The number of carbonyl (C=O) groups is 2. The fourth-order valence-corrected chi connectivity index (χ4v) is 7.47. The SMILES string of the molecule is CC/C=C\C/C=C\C/C=C\C/C=C\C/C=C\CCCCCCCCCCCCCC(=O)OC(CO)COC(=O)CCCCCCCCCCCCCCCCCCCCC. The van der Waals surface area contributed by atoms with Crippen molar-refractivity contribution in [3.05, 3.63) is 60.8 Å². The molecule has 1 unspecified atom stereocenters. The maximum absolute atomic E-state index is 12.3. The average Bonchev–Trinajstić information content (AvgIpc) is 3.25. The zero-order chi connectivity index (χ0) is 43.5. The lowest BCUT2D eigenvalue weighted by Gasteiger charge is -2.15. The maximum atomic E-state index is 12.3. The molecule has 0 bridgehead atoms. The number of esters is 2. The molecular weight excluding hydrogens is 741 g/mol. The van der Waals surface area contributed by atoms with Gasteiger partial charge in [0.15, 0.2) is 6.10 Å². The van der Waals surface area contributed by atoms with Crippen LogP contribution >= 0.6 is 0 Å². The largest absolute Gasteiger partial charge is 0.462 e. The van der Waals surface area contributed by atoms with Gasteiger partial charge in [0.05, 0.1) is 6.61 Å². The van der Waals surface area contributed by atoms with Crippen LogP contribution in [0.15, 0.2) is 60.8 Å². The van der Waals surface area contributed by atoms with E-state index in [2.05, 4.69) is 74.6 Å². The van der Waals surface area contributed by atoms with Crippen LogP contribution in [-0.2, 0) is 19.1 Å². The molecule has 0 aliphatic rings. The summed E-state index contributed by atoms with van der Waals surface area (Å²) in [6, 6.07) is 0. The molecule has 0 aromatic rings. The number of hydrogen-bond acceptors (Lipinski definition) is 5. The molecule has 1 atom stereocenters. The number of rotatable bonds is 47. The second-order valence-corrected chi connectivity index (χ2v) is 17.2. The number of carbonyl (C=O) groups excluding carboxylic acids is 2. The van der Waals surface area contributed by atoms with E-state index in [1.165, 1.54) is 161 Å². The van der Waals surface area contributed by atoms with Gasteiger partial charge >= 0.3 is 11.9 Å². The van der Waals surface area contributed by atoms with E-state index in [-0.39, 0.29) is 25.2 Å². The predicted octanol–water partition coefficient (Wildman–Crippen LogP) is 17.1. The first kappa shape index (κ1) is 57.6. The van der Waals surface area contributed by atoms with Crippen molar-refractivity contribution in [2.24, 2.45) is 0 Å². The minimum absolute atomic E-state index is 0.0650. The van der Waals surface area contributed by atoms with Gasteiger partial charge in [0, 0.05) is 12.8 Å². The topological polar surface area (TPSA) is 72.8 Å². The highest BCUT2D eigenvalue weighted by molar-refractivity contribution is 5.70. The lowest BCUT2D eigenvalue weighted by atomic mass is 10.0. The molecule has 0 spiro atoms. The van der Waals surface area contributed by atoms with E-state index in [9.17, 15) is 14.7 Å². The van der Waals surface area contributed by atoms with Crippen LogP contribution in [0.2, 0.25) is 0 Å². The van der Waals surface area contributed by atoms with Crippen molar-refractivity contribution in [1.82, 2.24) is 0 Å². The van der Waals surface area contributed by atoms with Crippen molar-refractivity contribution < 1.29 is 24.2 Å². The van der Waals surface area contributed by atoms with Crippen molar-refractivity contribution in [3.63, 3.8) is 0 Å². The predicted molar refractivity (Wildman–Crippen MR) is 260 cm³/mol. The summed E-state index contributed by atoms with van der Waals surface area (Å²) in [6.45, 7) is 4.05. The quantitative estimate of drug-likeness (QED) is 0.0375. The molecule has 0 fully saturated rings. The van der Waals surface area contributed by atoms with Crippen LogP contribution in [-0.4, -0.2) is 36.4 Å². The molecule has 0 amide bonds. The summed E-state index contributed by atoms with van der Waals surface area (Å²) in [5.74, 6) is -0.584. The molecule has 5 nitrogen and oxygen atoms in total. The van der Waals surface area contributed by atoms with Crippen molar-refractivity contribution in [2.45, 2.75) is 264 Å². The Kier molecular flexibility index (Phi) is 48.9. The van der Waals surface area contributed by atoms with Gasteiger partial charge in [0.25, 0.3) is 0 Å². The first-order valence-electron chi connectivity index (χ1n) is 25.8. The molecule has 0 rings (SSSR count). The number of unbranched alkanes of at least 4 members (excludes halogenated alkanes) is 29. The van der Waals surface area contributed by atoms with Gasteiger partial charge in [0.2, 0.25) is 0 Å². The lowest BCUT2D eigenvalue weighted by Crippen LogP contribution is -2.28. The summed E-state index contributed by atoms with van der Waals surface area (Å²) in [5.41, 5.74) is 0. The Morgan fingerprint density at radius 3 is 1.08 bits per heavy atom. The van der Waals surface area contributed by atoms with Crippen LogP contribution in [0.1, 0.15) is 258 Å². The van der Waals surface area contributed by atoms with E-state index >= 15 is 0 Å². The van der Waals surface area contributed by atoms with Gasteiger partial charge in [-0.1, -0.05) is 248 Å². The van der Waals surface area contributed by atoms with Crippen LogP contribution in [0.25, 0.3) is 0 Å². The summed E-state index contributed by atoms with van der Waals surface area (Å²) < 4.78 is 10.7. The van der Waals surface area contributed by atoms with Gasteiger partial charge in [0.1, 0.15) is 6.61 Å². The molecule has 1 N–H and O–H groups in total. The maximum Gasteiger partial charge on any atom is 0.306 e. The van der Waals surface area contributed by atoms with E-state index in [1.54, 1.807) is 0 Å². The van der Waals surface area contributed by atoms with E-state index in [4.69, 9.17) is 9.47 Å². The summed E-state index contributed by atoms with van der Waals surface area (Å²) in [5, 5.41) is 9.63. The number of aliphatic hydroxyl groups excluding tert-OH is 1. The zero-order valence-electron chi connectivity index (χ0n) is 39.7. The molecule has 0 saturated carbocycles. The summed E-state index contributed by atoms with van der Waals surface area (Å²) in [4.78, 5) is 24.5. The second-order valence-electron chi connectivity index (χ2n) is 17.2. The summed E-state index contributed by atoms with van der Waals surface area (Å²) in [7, 11) is 0.